The van der Waals surface area contributed by atoms with E-state index in [1.54, 1.807) is 6.21 Å². The molecule has 1 aliphatic heterocycles. The number of allylic oxidation sites excluding steroid dienone is 3. The molecule has 0 unspecified atom stereocenters. The van der Waals surface area contributed by atoms with Crippen LogP contribution in [0.25, 0.3) is 5.57 Å². The summed E-state index contributed by atoms with van der Waals surface area (Å²) < 4.78 is 5.54. The molecular formula is C13H13NO. The maximum Gasteiger partial charge on any atom is 0.179 e. The summed E-state index contributed by atoms with van der Waals surface area (Å²) in [5.41, 5.74) is 3.19. The summed E-state index contributed by atoms with van der Waals surface area (Å²) in [6, 6.07) is 6.06. The molecule has 0 spiro atoms. The van der Waals surface area contributed by atoms with Gasteiger partial charge in [-0.2, -0.15) is 0 Å². The number of hydrogen-bond donors (Lipinski definition) is 0. The van der Waals surface area contributed by atoms with Gasteiger partial charge in [0.2, 0.25) is 0 Å². The number of rotatable bonds is 0. The first-order valence-corrected chi connectivity index (χ1v) is 4.86. The van der Waals surface area contributed by atoms with Gasteiger partial charge in [-0.1, -0.05) is 24.3 Å². The van der Waals surface area contributed by atoms with Crippen molar-refractivity contribution in [3.63, 3.8) is 0 Å². The molecule has 0 bridgehead atoms. The molecule has 0 amide bonds. The summed E-state index contributed by atoms with van der Waals surface area (Å²) in [6.07, 6.45) is 5.55. The highest BCUT2D eigenvalue weighted by Gasteiger charge is 2.06. The molecule has 1 aliphatic rings. The molecule has 0 aliphatic carbocycles. The minimum absolute atomic E-state index is 0.355. The molecule has 0 N–H and O–H groups in total. The lowest BCUT2D eigenvalue weighted by Gasteiger charge is -2.10. The summed E-state index contributed by atoms with van der Waals surface area (Å²) in [4.78, 5) is 4.07. The van der Waals surface area contributed by atoms with Crippen LogP contribution in [0.4, 0.5) is 0 Å². The second-order valence-corrected chi connectivity index (χ2v) is 3.49. The van der Waals surface area contributed by atoms with E-state index in [1.807, 2.05) is 24.3 Å². The third-order valence-corrected chi connectivity index (χ3v) is 2.26. The molecule has 2 heteroatoms. The molecule has 0 fully saturated rings. The Labute approximate surface area is 89.6 Å². The molecule has 2 rings (SSSR count). The molecule has 1 aromatic carbocycles. The van der Waals surface area contributed by atoms with Gasteiger partial charge in [-0.3, -0.25) is 4.99 Å². The van der Waals surface area contributed by atoms with Gasteiger partial charge in [0.1, 0.15) is 5.75 Å². The van der Waals surface area contributed by atoms with Crippen LogP contribution in [0.2, 0.25) is 0 Å². The first-order chi connectivity index (χ1) is 7.27. The molecule has 1 aromatic rings. The van der Waals surface area contributed by atoms with Gasteiger partial charge in [-0.05, 0) is 30.7 Å². The summed E-state index contributed by atoms with van der Waals surface area (Å²) in [6.45, 7) is 6.42. The van der Waals surface area contributed by atoms with Crippen molar-refractivity contribution in [3.05, 3.63) is 48.1 Å². The molecule has 0 atom stereocenters. The fourth-order valence-corrected chi connectivity index (χ4v) is 1.48. The molecule has 15 heavy (non-hydrogen) atoms. The lowest BCUT2D eigenvalue weighted by molar-refractivity contribution is 0.331. The predicted molar refractivity (Wildman–Crippen MR) is 63.3 cm³/mol. The largest absolute Gasteiger partial charge is 0.471 e. The Morgan fingerprint density at radius 1 is 1.40 bits per heavy atom. The maximum atomic E-state index is 5.54. The summed E-state index contributed by atoms with van der Waals surface area (Å²) in [5.74, 6) is 0.842. The van der Waals surface area contributed by atoms with Crippen LogP contribution in [0.5, 0.6) is 5.75 Å². The van der Waals surface area contributed by atoms with Crippen molar-refractivity contribution in [1.29, 1.82) is 0 Å². The SMILES string of the molecule is C=C1/C=C\C=N/COc2ccc(C)cc21. The molecule has 1 heterocycles. The van der Waals surface area contributed by atoms with Crippen LogP contribution in [0.15, 0.2) is 41.9 Å². The predicted octanol–water partition coefficient (Wildman–Crippen LogP) is 2.99. The van der Waals surface area contributed by atoms with Crippen molar-refractivity contribution in [2.75, 3.05) is 6.73 Å². The highest BCUT2D eigenvalue weighted by atomic mass is 16.5. The fraction of sp³-hybridized carbons (Fsp3) is 0.154. The number of benzene rings is 1. The van der Waals surface area contributed by atoms with Crippen molar-refractivity contribution in [2.24, 2.45) is 4.99 Å². The Morgan fingerprint density at radius 2 is 2.27 bits per heavy atom. The van der Waals surface area contributed by atoms with Crippen LogP contribution in [0, 0.1) is 6.92 Å². The van der Waals surface area contributed by atoms with Crippen LogP contribution in [0.1, 0.15) is 11.1 Å². The molecule has 76 valence electrons. The van der Waals surface area contributed by atoms with Gasteiger partial charge in [0.25, 0.3) is 0 Å². The topological polar surface area (TPSA) is 21.6 Å². The van der Waals surface area contributed by atoms with Crippen LogP contribution < -0.4 is 4.74 Å². The third kappa shape index (κ3) is 2.15. The first-order valence-electron chi connectivity index (χ1n) is 4.86. The highest BCUT2D eigenvalue weighted by molar-refractivity contribution is 5.82. The molecule has 0 saturated heterocycles. The minimum Gasteiger partial charge on any atom is -0.471 e. The molecule has 2 nitrogen and oxygen atoms in total. The van der Waals surface area contributed by atoms with Gasteiger partial charge in [0.15, 0.2) is 6.73 Å². The molecular weight excluding hydrogens is 186 g/mol. The van der Waals surface area contributed by atoms with Crippen molar-refractivity contribution < 1.29 is 4.74 Å². The third-order valence-electron chi connectivity index (χ3n) is 2.26. The lowest BCUT2D eigenvalue weighted by atomic mass is 10.0. The normalized spacial score (nSPS) is 19.1. The minimum atomic E-state index is 0.355. The van der Waals surface area contributed by atoms with E-state index in [-0.39, 0.29) is 0 Å². The Bertz CT molecular complexity index is 444. The van der Waals surface area contributed by atoms with Crippen LogP contribution in [-0.2, 0) is 0 Å². The van der Waals surface area contributed by atoms with Gasteiger partial charge in [-0.15, -0.1) is 0 Å². The standard InChI is InChI=1S/C13H13NO/c1-10-5-6-13-12(8-10)11(2)4-3-7-14-9-15-13/h3-8H,2,9H2,1H3/b4-3-,14-7-. The smallest absolute Gasteiger partial charge is 0.179 e. The quantitative estimate of drug-likeness (QED) is 0.629. The Hall–Kier alpha value is -1.83. The van der Waals surface area contributed by atoms with Crippen LogP contribution in [-0.4, -0.2) is 12.9 Å². The average molecular weight is 199 g/mol. The van der Waals surface area contributed by atoms with Crippen molar-refractivity contribution in [3.8, 4) is 5.75 Å². The molecule has 0 aromatic heterocycles. The number of ether oxygens (including phenoxy) is 1. The average Bonchev–Trinajstić information content (AvgIpc) is 2.31. The van der Waals surface area contributed by atoms with Gasteiger partial charge in [-0.25, -0.2) is 0 Å². The van der Waals surface area contributed by atoms with Crippen molar-refractivity contribution >= 4 is 11.8 Å². The van der Waals surface area contributed by atoms with E-state index in [9.17, 15) is 0 Å². The van der Waals surface area contributed by atoms with Crippen LogP contribution in [0.3, 0.4) is 0 Å². The second kappa shape index (κ2) is 4.13. The van der Waals surface area contributed by atoms with Gasteiger partial charge in [0.05, 0.1) is 0 Å². The van der Waals surface area contributed by atoms with E-state index in [0.717, 1.165) is 16.9 Å². The first kappa shape index (κ1) is 9.71. The summed E-state index contributed by atoms with van der Waals surface area (Å²) >= 11 is 0. The van der Waals surface area contributed by atoms with Crippen LogP contribution >= 0.6 is 0 Å². The van der Waals surface area contributed by atoms with Crippen molar-refractivity contribution in [2.45, 2.75) is 6.92 Å². The van der Waals surface area contributed by atoms with E-state index in [0.29, 0.717) is 6.73 Å². The lowest BCUT2D eigenvalue weighted by Crippen LogP contribution is -1.96. The molecule has 0 radical (unpaired) electrons. The zero-order valence-electron chi connectivity index (χ0n) is 8.73. The highest BCUT2D eigenvalue weighted by Crippen LogP contribution is 2.27. The van der Waals surface area contributed by atoms with Gasteiger partial charge < -0.3 is 4.74 Å². The van der Waals surface area contributed by atoms with Crippen molar-refractivity contribution in [1.82, 2.24) is 0 Å². The van der Waals surface area contributed by atoms with E-state index < -0.39 is 0 Å². The van der Waals surface area contributed by atoms with Gasteiger partial charge >= 0.3 is 0 Å². The van der Waals surface area contributed by atoms with E-state index in [1.165, 1.54) is 5.56 Å². The summed E-state index contributed by atoms with van der Waals surface area (Å²) in [7, 11) is 0. The molecule has 0 saturated carbocycles. The number of nitrogens with zero attached hydrogens (tertiary/aromatic N) is 1. The maximum absolute atomic E-state index is 5.54. The zero-order chi connectivity index (χ0) is 10.7. The van der Waals surface area contributed by atoms with E-state index in [4.69, 9.17) is 4.74 Å². The Balaban J connectivity index is 2.49. The number of hydrogen-bond acceptors (Lipinski definition) is 2. The number of fused-ring (bicyclic) bond motifs is 1. The fourth-order valence-electron chi connectivity index (χ4n) is 1.48. The second-order valence-electron chi connectivity index (χ2n) is 3.49. The monoisotopic (exact) mass is 199 g/mol. The zero-order valence-corrected chi connectivity index (χ0v) is 8.73. The Morgan fingerprint density at radius 3 is 3.13 bits per heavy atom. The number of aryl methyl sites for hydroxylation is 1. The van der Waals surface area contributed by atoms with Gasteiger partial charge in [0, 0.05) is 11.8 Å². The summed E-state index contributed by atoms with van der Waals surface area (Å²) in [5, 5.41) is 0. The van der Waals surface area contributed by atoms with E-state index in [2.05, 4.69) is 24.6 Å². The Kier molecular flexibility index (Phi) is 2.68. The van der Waals surface area contributed by atoms with E-state index >= 15 is 0 Å². The number of aliphatic imine (C=N–C) groups is 1.